The van der Waals surface area contributed by atoms with Gasteiger partial charge in [-0.3, -0.25) is 4.79 Å². The number of hydrogen-bond acceptors (Lipinski definition) is 5. The molecule has 1 aromatic heterocycles. The van der Waals surface area contributed by atoms with Crippen LogP contribution in [0.15, 0.2) is 65.6 Å². The second-order valence-corrected chi connectivity index (χ2v) is 8.62. The topological polar surface area (TPSA) is 97.8 Å². The van der Waals surface area contributed by atoms with Crippen LogP contribution in [-0.2, 0) is 0 Å². The van der Waals surface area contributed by atoms with Gasteiger partial charge in [-0.1, -0.05) is 36.4 Å². The zero-order valence-corrected chi connectivity index (χ0v) is 18.0. The number of pyridine rings is 1. The van der Waals surface area contributed by atoms with Crippen molar-refractivity contribution in [3.05, 3.63) is 82.4 Å². The van der Waals surface area contributed by atoms with E-state index in [4.69, 9.17) is 10.5 Å². The third kappa shape index (κ3) is 2.99. The summed E-state index contributed by atoms with van der Waals surface area (Å²) in [5.74, 6) is -1.39. The first-order valence-corrected chi connectivity index (χ1v) is 11.0. The fourth-order valence-electron chi connectivity index (χ4n) is 4.85. The second-order valence-electron chi connectivity index (χ2n) is 8.62. The predicted octanol–water partition coefficient (Wildman–Crippen LogP) is 4.14. The summed E-state index contributed by atoms with van der Waals surface area (Å²) in [4.78, 5) is 26.7. The van der Waals surface area contributed by atoms with E-state index in [1.165, 1.54) is 6.20 Å². The molecule has 0 aliphatic carbocycles. The fourth-order valence-corrected chi connectivity index (χ4v) is 4.85. The molecule has 3 aromatic carbocycles. The minimum absolute atomic E-state index is 0.0459. The molecule has 34 heavy (non-hydrogen) atoms. The van der Waals surface area contributed by atoms with E-state index in [1.807, 2.05) is 47.4 Å². The summed E-state index contributed by atoms with van der Waals surface area (Å²) >= 11 is 0. The zero-order valence-electron chi connectivity index (χ0n) is 18.0. The van der Waals surface area contributed by atoms with Crippen LogP contribution in [0.5, 0.6) is 11.5 Å². The van der Waals surface area contributed by atoms with Gasteiger partial charge in [-0.05, 0) is 35.7 Å². The van der Waals surface area contributed by atoms with Crippen molar-refractivity contribution in [2.24, 2.45) is 5.73 Å². The van der Waals surface area contributed by atoms with Crippen molar-refractivity contribution in [2.75, 3.05) is 18.0 Å². The smallest absolute Gasteiger partial charge is 0.341 e. The van der Waals surface area contributed by atoms with Crippen LogP contribution in [0.1, 0.15) is 16.8 Å². The van der Waals surface area contributed by atoms with E-state index < -0.39 is 22.8 Å². The molecule has 1 atom stereocenters. The molecule has 0 spiro atoms. The van der Waals surface area contributed by atoms with Gasteiger partial charge in [-0.2, -0.15) is 0 Å². The SMILES string of the molecule is NC1CCN(c2c(F)cc3c(=O)c(C(=O)O)cn4c3c2Oc2ccc(-c3ccccc3)cc2-4)C1. The van der Waals surface area contributed by atoms with Gasteiger partial charge in [-0.15, -0.1) is 0 Å². The number of carboxylic acids is 1. The number of ether oxygens (including phenoxy) is 1. The highest BCUT2D eigenvalue weighted by Gasteiger charge is 2.32. The molecule has 7 nitrogen and oxygen atoms in total. The van der Waals surface area contributed by atoms with Gasteiger partial charge < -0.3 is 25.0 Å². The third-order valence-corrected chi connectivity index (χ3v) is 6.48. The number of aromatic nitrogens is 1. The molecule has 8 heteroatoms. The van der Waals surface area contributed by atoms with Crippen molar-refractivity contribution in [3.8, 4) is 28.3 Å². The average Bonchev–Trinajstić information content (AvgIpc) is 3.26. The lowest BCUT2D eigenvalue weighted by Crippen LogP contribution is -2.28. The molecule has 170 valence electrons. The van der Waals surface area contributed by atoms with Crippen LogP contribution in [-0.4, -0.2) is 34.8 Å². The summed E-state index contributed by atoms with van der Waals surface area (Å²) in [5, 5.41) is 9.63. The maximum absolute atomic E-state index is 15.4. The number of benzene rings is 3. The van der Waals surface area contributed by atoms with E-state index in [-0.39, 0.29) is 22.9 Å². The lowest BCUT2D eigenvalue weighted by molar-refractivity contribution is 0.0695. The molecule has 4 aromatic rings. The predicted molar refractivity (Wildman–Crippen MR) is 127 cm³/mol. The molecule has 2 aliphatic heterocycles. The molecular weight excluding hydrogens is 437 g/mol. The summed E-state index contributed by atoms with van der Waals surface area (Å²) < 4.78 is 23.3. The lowest BCUT2D eigenvalue weighted by Gasteiger charge is -2.29. The first-order chi connectivity index (χ1) is 16.4. The first-order valence-electron chi connectivity index (χ1n) is 11.0. The standard InChI is InChI=1S/C26H20FN3O4/c27-19-11-17-22-25(23(19)29-9-8-16(28)12-29)34-21-7-6-15(14-4-2-1-3-5-14)10-20(21)30(22)13-18(24(17)31)26(32)33/h1-7,10-11,13,16H,8-9,12,28H2,(H,32,33). The Labute approximate surface area is 193 Å². The van der Waals surface area contributed by atoms with Crippen LogP contribution in [0.4, 0.5) is 10.1 Å². The van der Waals surface area contributed by atoms with Crippen molar-refractivity contribution < 1.29 is 19.0 Å². The number of anilines is 1. The van der Waals surface area contributed by atoms with Crippen LogP contribution in [0.25, 0.3) is 27.7 Å². The second kappa shape index (κ2) is 7.43. The van der Waals surface area contributed by atoms with Crippen molar-refractivity contribution in [2.45, 2.75) is 12.5 Å². The molecule has 2 aliphatic rings. The van der Waals surface area contributed by atoms with Gasteiger partial charge in [0.25, 0.3) is 0 Å². The van der Waals surface area contributed by atoms with Crippen LogP contribution >= 0.6 is 0 Å². The quantitative estimate of drug-likeness (QED) is 0.423. The van der Waals surface area contributed by atoms with E-state index in [2.05, 4.69) is 0 Å². The van der Waals surface area contributed by atoms with Crippen LogP contribution in [0.3, 0.4) is 0 Å². The van der Waals surface area contributed by atoms with E-state index >= 15 is 4.39 Å². The molecular formula is C26H20FN3O4. The maximum atomic E-state index is 15.4. The first kappa shape index (κ1) is 20.4. The molecule has 0 bridgehead atoms. The van der Waals surface area contributed by atoms with Gasteiger partial charge >= 0.3 is 5.97 Å². The number of aromatic carboxylic acids is 1. The molecule has 3 heterocycles. The maximum Gasteiger partial charge on any atom is 0.341 e. The zero-order chi connectivity index (χ0) is 23.6. The number of halogens is 1. The van der Waals surface area contributed by atoms with Gasteiger partial charge in [0.2, 0.25) is 5.43 Å². The van der Waals surface area contributed by atoms with Gasteiger partial charge in [0.1, 0.15) is 16.8 Å². The van der Waals surface area contributed by atoms with Crippen molar-refractivity contribution >= 4 is 22.6 Å². The van der Waals surface area contributed by atoms with Gasteiger partial charge in [-0.25, -0.2) is 9.18 Å². The fraction of sp³-hybridized carbons (Fsp3) is 0.154. The van der Waals surface area contributed by atoms with E-state index in [0.717, 1.165) is 17.2 Å². The number of carboxylic acid groups (broad SMARTS) is 1. The van der Waals surface area contributed by atoms with Crippen molar-refractivity contribution in [1.29, 1.82) is 0 Å². The summed E-state index contributed by atoms with van der Waals surface area (Å²) in [5.41, 5.74) is 7.86. The molecule has 6 rings (SSSR count). The highest BCUT2D eigenvalue weighted by molar-refractivity contribution is 5.99. The molecule has 0 amide bonds. The minimum atomic E-state index is -1.38. The van der Waals surface area contributed by atoms with Gasteiger partial charge in [0.15, 0.2) is 17.3 Å². The Morgan fingerprint density at radius 1 is 1.12 bits per heavy atom. The Hall–Kier alpha value is -4.17. The van der Waals surface area contributed by atoms with Crippen LogP contribution in [0.2, 0.25) is 0 Å². The van der Waals surface area contributed by atoms with E-state index in [1.54, 1.807) is 10.6 Å². The van der Waals surface area contributed by atoms with Gasteiger partial charge in [0.05, 0.1) is 11.1 Å². The third-order valence-electron chi connectivity index (χ3n) is 6.48. The average molecular weight is 457 g/mol. The Morgan fingerprint density at radius 3 is 2.62 bits per heavy atom. The van der Waals surface area contributed by atoms with E-state index in [9.17, 15) is 14.7 Å². The molecule has 1 unspecified atom stereocenters. The number of nitrogens with zero attached hydrogens (tertiary/aromatic N) is 2. The highest BCUT2D eigenvalue weighted by Crippen LogP contribution is 2.47. The highest BCUT2D eigenvalue weighted by atomic mass is 19.1. The molecule has 0 radical (unpaired) electrons. The Bertz CT molecular complexity index is 1550. The summed E-state index contributed by atoms with van der Waals surface area (Å²) in [7, 11) is 0. The molecule has 1 saturated heterocycles. The van der Waals surface area contributed by atoms with Crippen LogP contribution in [0, 0.1) is 5.82 Å². The lowest BCUT2D eigenvalue weighted by atomic mass is 10.0. The summed E-state index contributed by atoms with van der Waals surface area (Å²) in [6.07, 6.45) is 2.00. The normalized spacial score (nSPS) is 16.4. The largest absolute Gasteiger partial charge is 0.477 e. The summed E-state index contributed by atoms with van der Waals surface area (Å²) in [6.45, 7) is 1.01. The monoisotopic (exact) mass is 457 g/mol. The number of nitrogens with two attached hydrogens (primary N) is 1. The number of fused-ring (bicyclic) bond motifs is 2. The number of carbonyl (C=O) groups is 1. The number of rotatable bonds is 3. The molecule has 0 saturated carbocycles. The van der Waals surface area contributed by atoms with Crippen LogP contribution < -0.4 is 20.8 Å². The van der Waals surface area contributed by atoms with E-state index in [0.29, 0.717) is 36.5 Å². The minimum Gasteiger partial charge on any atom is -0.477 e. The number of hydrogen-bond donors (Lipinski definition) is 2. The molecule has 3 N–H and O–H groups in total. The molecule has 1 fully saturated rings. The van der Waals surface area contributed by atoms with Crippen molar-refractivity contribution in [1.82, 2.24) is 4.57 Å². The Balaban J connectivity index is 1.68. The summed E-state index contributed by atoms with van der Waals surface area (Å²) in [6, 6.07) is 16.3. The Morgan fingerprint density at radius 2 is 1.91 bits per heavy atom. The van der Waals surface area contributed by atoms with Crippen molar-refractivity contribution in [3.63, 3.8) is 0 Å². The Kier molecular flexibility index (Phi) is 4.46. The van der Waals surface area contributed by atoms with Gasteiger partial charge in [0, 0.05) is 25.3 Å².